The number of carbonyl (C=O) groups is 1. The van der Waals surface area contributed by atoms with Crippen LogP contribution in [0.3, 0.4) is 0 Å². The average molecular weight is 281 g/mol. The van der Waals surface area contributed by atoms with Gasteiger partial charge in [-0.1, -0.05) is 6.07 Å². The summed E-state index contributed by atoms with van der Waals surface area (Å²) in [5, 5.41) is 22.9. The van der Waals surface area contributed by atoms with Crippen molar-refractivity contribution >= 4 is 17.3 Å². The van der Waals surface area contributed by atoms with Crippen molar-refractivity contribution in [3.63, 3.8) is 0 Å². The second kappa shape index (κ2) is 6.85. The number of aliphatic hydroxyl groups is 1. The van der Waals surface area contributed by atoms with E-state index in [0.29, 0.717) is 0 Å². The van der Waals surface area contributed by atoms with Crippen molar-refractivity contribution in [1.29, 1.82) is 0 Å². The fraction of sp³-hybridized carbons (Fsp3) is 0.462. The van der Waals surface area contributed by atoms with E-state index in [1.54, 1.807) is 33.0 Å². The number of benzene rings is 1. The lowest BCUT2D eigenvalue weighted by Crippen LogP contribution is -2.39. The van der Waals surface area contributed by atoms with E-state index in [4.69, 9.17) is 5.11 Å². The standard InChI is InChI=1S/C13H19N3O4/c1-9(2)15(7-8-17)13(18)10-5-4-6-11(14-3)12(10)16(19)20/h4-6,9,14,17H,7-8H2,1-3H3. The molecule has 0 unspecified atom stereocenters. The predicted octanol–water partition coefficient (Wildman–Crippen LogP) is 1.48. The molecule has 0 spiro atoms. The van der Waals surface area contributed by atoms with Gasteiger partial charge in [0.2, 0.25) is 0 Å². The van der Waals surface area contributed by atoms with E-state index in [9.17, 15) is 14.9 Å². The number of nitro benzene ring substituents is 1. The van der Waals surface area contributed by atoms with Crippen LogP contribution in [0.2, 0.25) is 0 Å². The minimum Gasteiger partial charge on any atom is -0.395 e. The molecule has 7 nitrogen and oxygen atoms in total. The molecule has 0 aliphatic carbocycles. The second-order valence-corrected chi connectivity index (χ2v) is 4.52. The third-order valence-electron chi connectivity index (χ3n) is 2.94. The normalized spacial score (nSPS) is 10.4. The van der Waals surface area contributed by atoms with Gasteiger partial charge in [-0.3, -0.25) is 14.9 Å². The highest BCUT2D eigenvalue weighted by molar-refractivity contribution is 6.00. The van der Waals surface area contributed by atoms with Gasteiger partial charge in [-0.25, -0.2) is 0 Å². The number of amides is 1. The van der Waals surface area contributed by atoms with Crippen molar-refractivity contribution in [3.05, 3.63) is 33.9 Å². The average Bonchev–Trinajstić information content (AvgIpc) is 2.42. The first kappa shape index (κ1) is 15.9. The fourth-order valence-electron chi connectivity index (χ4n) is 1.97. The van der Waals surface area contributed by atoms with E-state index in [1.165, 1.54) is 11.0 Å². The van der Waals surface area contributed by atoms with Gasteiger partial charge >= 0.3 is 5.69 Å². The molecule has 110 valence electrons. The second-order valence-electron chi connectivity index (χ2n) is 4.52. The summed E-state index contributed by atoms with van der Waals surface area (Å²) >= 11 is 0. The van der Waals surface area contributed by atoms with Crippen molar-refractivity contribution in [2.24, 2.45) is 0 Å². The van der Waals surface area contributed by atoms with Gasteiger partial charge < -0.3 is 15.3 Å². The maximum atomic E-state index is 12.5. The van der Waals surface area contributed by atoms with Crippen LogP contribution >= 0.6 is 0 Å². The molecule has 0 fully saturated rings. The predicted molar refractivity (Wildman–Crippen MR) is 75.9 cm³/mol. The summed E-state index contributed by atoms with van der Waals surface area (Å²) in [6.45, 7) is 3.53. The van der Waals surface area contributed by atoms with Gasteiger partial charge in [-0.15, -0.1) is 0 Å². The van der Waals surface area contributed by atoms with Crippen LogP contribution in [0.4, 0.5) is 11.4 Å². The van der Waals surface area contributed by atoms with Gasteiger partial charge in [0.15, 0.2) is 0 Å². The third kappa shape index (κ3) is 3.24. The monoisotopic (exact) mass is 281 g/mol. The van der Waals surface area contributed by atoms with Crippen molar-refractivity contribution in [2.75, 3.05) is 25.5 Å². The van der Waals surface area contributed by atoms with Crippen LogP contribution in [0.1, 0.15) is 24.2 Å². The quantitative estimate of drug-likeness (QED) is 0.608. The highest BCUT2D eigenvalue weighted by atomic mass is 16.6. The number of hydrogen-bond acceptors (Lipinski definition) is 5. The van der Waals surface area contributed by atoms with Crippen LogP contribution in [-0.2, 0) is 0 Å². The number of nitro groups is 1. The molecule has 0 aliphatic rings. The maximum Gasteiger partial charge on any atom is 0.305 e. The number of nitrogens with one attached hydrogen (secondary N) is 1. The molecular formula is C13H19N3O4. The largest absolute Gasteiger partial charge is 0.395 e. The van der Waals surface area contributed by atoms with E-state index in [1.807, 2.05) is 0 Å². The van der Waals surface area contributed by atoms with Gasteiger partial charge in [0, 0.05) is 19.6 Å². The lowest BCUT2D eigenvalue weighted by atomic mass is 10.1. The Kier molecular flexibility index (Phi) is 5.45. The third-order valence-corrected chi connectivity index (χ3v) is 2.94. The first-order valence-corrected chi connectivity index (χ1v) is 6.31. The van der Waals surface area contributed by atoms with E-state index < -0.39 is 10.8 Å². The van der Waals surface area contributed by atoms with Gasteiger partial charge in [-0.05, 0) is 26.0 Å². The Morgan fingerprint density at radius 2 is 2.15 bits per heavy atom. The molecule has 0 aliphatic heterocycles. The minimum atomic E-state index is -0.573. The first-order valence-electron chi connectivity index (χ1n) is 6.31. The molecular weight excluding hydrogens is 262 g/mol. The zero-order valence-corrected chi connectivity index (χ0v) is 11.8. The molecule has 1 rings (SSSR count). The number of anilines is 1. The molecule has 0 bridgehead atoms. The Morgan fingerprint density at radius 3 is 2.60 bits per heavy atom. The zero-order chi connectivity index (χ0) is 15.3. The minimum absolute atomic E-state index is 0.0176. The number of rotatable bonds is 6. The lowest BCUT2D eigenvalue weighted by molar-refractivity contribution is -0.384. The van der Waals surface area contributed by atoms with Crippen LogP contribution in [-0.4, -0.2) is 47.1 Å². The van der Waals surface area contributed by atoms with Crippen molar-refractivity contribution in [3.8, 4) is 0 Å². The van der Waals surface area contributed by atoms with Crippen LogP contribution in [0.25, 0.3) is 0 Å². The molecule has 0 aromatic heterocycles. The van der Waals surface area contributed by atoms with E-state index in [0.717, 1.165) is 0 Å². The Morgan fingerprint density at radius 1 is 1.50 bits per heavy atom. The van der Waals surface area contributed by atoms with Crippen molar-refractivity contribution in [2.45, 2.75) is 19.9 Å². The number of nitrogens with zero attached hydrogens (tertiary/aromatic N) is 2. The molecule has 2 N–H and O–H groups in total. The molecule has 7 heteroatoms. The summed E-state index contributed by atoms with van der Waals surface area (Å²) in [5.74, 6) is -0.460. The van der Waals surface area contributed by atoms with E-state index in [-0.39, 0.29) is 36.1 Å². The van der Waals surface area contributed by atoms with Crippen LogP contribution < -0.4 is 5.32 Å². The van der Waals surface area contributed by atoms with E-state index in [2.05, 4.69) is 5.32 Å². The Labute approximate surface area is 117 Å². The summed E-state index contributed by atoms with van der Waals surface area (Å²) in [4.78, 5) is 24.5. The topological polar surface area (TPSA) is 95.7 Å². The van der Waals surface area contributed by atoms with Crippen molar-refractivity contribution < 1.29 is 14.8 Å². The Bertz CT molecular complexity index is 502. The molecule has 1 aromatic rings. The molecule has 1 aromatic carbocycles. The first-order chi connectivity index (χ1) is 9.43. The highest BCUT2D eigenvalue weighted by Crippen LogP contribution is 2.29. The van der Waals surface area contributed by atoms with Gasteiger partial charge in [0.1, 0.15) is 11.3 Å². The SMILES string of the molecule is CNc1cccc(C(=O)N(CCO)C(C)C)c1[N+](=O)[O-]. The lowest BCUT2D eigenvalue weighted by Gasteiger charge is -2.26. The summed E-state index contributed by atoms with van der Waals surface area (Å²) < 4.78 is 0. The maximum absolute atomic E-state index is 12.5. The number of aliphatic hydroxyl groups excluding tert-OH is 1. The molecule has 1 amide bonds. The van der Waals surface area contributed by atoms with Gasteiger partial charge in [-0.2, -0.15) is 0 Å². The summed E-state index contributed by atoms with van der Waals surface area (Å²) in [6.07, 6.45) is 0. The Hall–Kier alpha value is -2.15. The van der Waals surface area contributed by atoms with Gasteiger partial charge in [0.05, 0.1) is 11.5 Å². The molecule has 0 saturated heterocycles. The van der Waals surface area contributed by atoms with Crippen LogP contribution in [0.15, 0.2) is 18.2 Å². The van der Waals surface area contributed by atoms with E-state index >= 15 is 0 Å². The van der Waals surface area contributed by atoms with Crippen molar-refractivity contribution in [1.82, 2.24) is 4.90 Å². The summed E-state index contributed by atoms with van der Waals surface area (Å²) in [5.41, 5.74) is 0.0566. The molecule has 0 heterocycles. The van der Waals surface area contributed by atoms with Crippen LogP contribution in [0, 0.1) is 10.1 Å². The number of para-hydroxylation sites is 1. The molecule has 0 atom stereocenters. The molecule has 0 saturated carbocycles. The molecule has 0 radical (unpaired) electrons. The smallest absolute Gasteiger partial charge is 0.305 e. The summed E-state index contributed by atoms with van der Waals surface area (Å²) in [6, 6.07) is 4.39. The van der Waals surface area contributed by atoms with Crippen LogP contribution in [0.5, 0.6) is 0 Å². The number of hydrogen-bond donors (Lipinski definition) is 2. The fourth-order valence-corrected chi connectivity index (χ4v) is 1.97. The highest BCUT2D eigenvalue weighted by Gasteiger charge is 2.28. The zero-order valence-electron chi connectivity index (χ0n) is 11.8. The Balaban J connectivity index is 3.30. The molecule has 20 heavy (non-hydrogen) atoms. The van der Waals surface area contributed by atoms with Gasteiger partial charge in [0.25, 0.3) is 5.91 Å². The summed E-state index contributed by atoms with van der Waals surface area (Å²) in [7, 11) is 1.56. The number of carbonyl (C=O) groups excluding carboxylic acids is 1.